The van der Waals surface area contributed by atoms with Gasteiger partial charge in [0, 0.05) is 25.5 Å². The normalized spacial score (nSPS) is 10.6. The van der Waals surface area contributed by atoms with Crippen LogP contribution in [0, 0.1) is 6.92 Å². The molecule has 4 aromatic rings. The number of rotatable bonds is 9. The Labute approximate surface area is 197 Å². The van der Waals surface area contributed by atoms with Crippen molar-refractivity contribution >= 4 is 45.0 Å². The summed E-state index contributed by atoms with van der Waals surface area (Å²) in [5, 5.41) is 0.659. The lowest BCUT2D eigenvalue weighted by atomic mass is 10.2. The number of carbonyl (C=O) groups is 1. The van der Waals surface area contributed by atoms with Crippen LogP contribution in [0.25, 0.3) is 10.2 Å². The number of anilines is 1. The van der Waals surface area contributed by atoms with Crippen LogP contribution in [0.15, 0.2) is 61.2 Å². The molecule has 0 saturated heterocycles. The largest absolute Gasteiger partial charge is 0.497 e. The summed E-state index contributed by atoms with van der Waals surface area (Å²) in [5.41, 5.74) is 1.98. The molecule has 7 nitrogen and oxygen atoms in total. The van der Waals surface area contributed by atoms with Gasteiger partial charge < -0.3 is 14.0 Å². The van der Waals surface area contributed by atoms with Crippen LogP contribution in [0.1, 0.15) is 12.0 Å². The molecule has 0 spiro atoms. The fraction of sp³-hybridized carbons (Fsp3) is 0.261. The Kier molecular flexibility index (Phi) is 8.08. The number of nitrogens with zero attached hydrogens (tertiary/aromatic N) is 4. The SMILES string of the molecule is COc1ccc2nc(N(CCCn3ccnc3)C(=O)COc3ccc(C)cc3)sc2c1.Cl. The van der Waals surface area contributed by atoms with E-state index in [2.05, 4.69) is 9.97 Å². The summed E-state index contributed by atoms with van der Waals surface area (Å²) in [7, 11) is 1.64. The molecule has 0 N–H and O–H groups in total. The molecular weight excluding hydrogens is 448 g/mol. The van der Waals surface area contributed by atoms with Gasteiger partial charge in [-0.1, -0.05) is 29.0 Å². The number of carbonyl (C=O) groups excluding carboxylic acids is 1. The zero-order valence-corrected chi connectivity index (χ0v) is 19.6. The molecule has 0 unspecified atom stereocenters. The molecule has 0 aliphatic carbocycles. The Hall–Kier alpha value is -3.10. The minimum atomic E-state index is -0.128. The number of amides is 1. The van der Waals surface area contributed by atoms with Crippen LogP contribution in [0.3, 0.4) is 0 Å². The molecule has 0 radical (unpaired) electrons. The lowest BCUT2D eigenvalue weighted by Gasteiger charge is -2.20. The number of hydrogen-bond acceptors (Lipinski definition) is 6. The van der Waals surface area contributed by atoms with Crippen LogP contribution >= 0.6 is 23.7 Å². The van der Waals surface area contributed by atoms with Crippen molar-refractivity contribution in [1.82, 2.24) is 14.5 Å². The Morgan fingerprint density at radius 1 is 1.16 bits per heavy atom. The van der Waals surface area contributed by atoms with Crippen molar-refractivity contribution in [3.63, 3.8) is 0 Å². The number of ether oxygens (including phenoxy) is 2. The molecule has 32 heavy (non-hydrogen) atoms. The number of thiazole rings is 1. The number of benzene rings is 2. The standard InChI is InChI=1S/C23H24N4O3S.ClH/c1-17-4-6-18(7-5-17)30-15-22(28)27(12-3-11-26-13-10-24-16-26)23-25-20-9-8-19(29-2)14-21(20)31-23;/h4-10,13-14,16H,3,11-12,15H2,1-2H3;1H. The van der Waals surface area contributed by atoms with Gasteiger partial charge in [-0.15, -0.1) is 12.4 Å². The van der Waals surface area contributed by atoms with Crippen LogP contribution in [-0.4, -0.2) is 40.7 Å². The van der Waals surface area contributed by atoms with E-state index in [0.717, 1.165) is 34.5 Å². The first-order valence-electron chi connectivity index (χ1n) is 10.0. The van der Waals surface area contributed by atoms with Crippen molar-refractivity contribution in [3.05, 3.63) is 66.7 Å². The van der Waals surface area contributed by atoms with Gasteiger partial charge in [0.25, 0.3) is 5.91 Å². The Morgan fingerprint density at radius 2 is 1.94 bits per heavy atom. The molecule has 0 aliphatic rings. The number of aryl methyl sites for hydroxylation is 2. The molecule has 2 heterocycles. The summed E-state index contributed by atoms with van der Waals surface area (Å²) in [6.07, 6.45) is 6.21. The van der Waals surface area contributed by atoms with Gasteiger partial charge in [0.15, 0.2) is 11.7 Å². The van der Waals surface area contributed by atoms with Gasteiger partial charge in [-0.2, -0.15) is 0 Å². The molecule has 9 heteroatoms. The second-order valence-corrected chi connectivity index (χ2v) is 8.14. The van der Waals surface area contributed by atoms with E-state index in [1.807, 2.05) is 60.2 Å². The topological polar surface area (TPSA) is 69.5 Å². The highest BCUT2D eigenvalue weighted by atomic mass is 35.5. The van der Waals surface area contributed by atoms with Crippen molar-refractivity contribution in [1.29, 1.82) is 0 Å². The quantitative estimate of drug-likeness (QED) is 0.352. The zero-order chi connectivity index (χ0) is 21.6. The van der Waals surface area contributed by atoms with Crippen LogP contribution in [0.5, 0.6) is 11.5 Å². The monoisotopic (exact) mass is 472 g/mol. The summed E-state index contributed by atoms with van der Waals surface area (Å²) < 4.78 is 14.0. The molecule has 1 amide bonds. The second kappa shape index (κ2) is 11.0. The smallest absolute Gasteiger partial charge is 0.266 e. The highest BCUT2D eigenvalue weighted by molar-refractivity contribution is 7.22. The highest BCUT2D eigenvalue weighted by Gasteiger charge is 2.20. The summed E-state index contributed by atoms with van der Waals surface area (Å²) in [6, 6.07) is 13.4. The third-order valence-corrected chi connectivity index (χ3v) is 5.90. The van der Waals surface area contributed by atoms with E-state index >= 15 is 0 Å². The molecule has 0 atom stereocenters. The van der Waals surface area contributed by atoms with Crippen molar-refractivity contribution in [2.24, 2.45) is 0 Å². The van der Waals surface area contributed by atoms with E-state index in [9.17, 15) is 4.79 Å². The van der Waals surface area contributed by atoms with E-state index in [0.29, 0.717) is 17.4 Å². The maximum Gasteiger partial charge on any atom is 0.266 e. The van der Waals surface area contributed by atoms with E-state index in [-0.39, 0.29) is 24.9 Å². The Balaban J connectivity index is 0.00000289. The van der Waals surface area contributed by atoms with Crippen molar-refractivity contribution < 1.29 is 14.3 Å². The van der Waals surface area contributed by atoms with Gasteiger partial charge in [-0.05, 0) is 43.7 Å². The third kappa shape index (κ3) is 5.77. The average molecular weight is 473 g/mol. The predicted octanol–water partition coefficient (Wildman–Crippen LogP) is 4.73. The van der Waals surface area contributed by atoms with E-state index in [1.54, 1.807) is 24.5 Å². The van der Waals surface area contributed by atoms with Crippen LogP contribution in [0.2, 0.25) is 0 Å². The van der Waals surface area contributed by atoms with Gasteiger partial charge >= 0.3 is 0 Å². The molecule has 0 saturated carbocycles. The van der Waals surface area contributed by atoms with Gasteiger partial charge in [0.2, 0.25) is 0 Å². The number of fused-ring (bicyclic) bond motifs is 1. The first-order chi connectivity index (χ1) is 15.1. The number of aromatic nitrogens is 3. The summed E-state index contributed by atoms with van der Waals surface area (Å²) in [4.78, 5) is 23.6. The van der Waals surface area contributed by atoms with Crippen LogP contribution < -0.4 is 14.4 Å². The molecular formula is C23H25ClN4O3S. The zero-order valence-electron chi connectivity index (χ0n) is 17.9. The lowest BCUT2D eigenvalue weighted by molar-refractivity contribution is -0.120. The third-order valence-electron chi connectivity index (χ3n) is 4.86. The van der Waals surface area contributed by atoms with Crippen molar-refractivity contribution in [3.8, 4) is 11.5 Å². The van der Waals surface area contributed by atoms with E-state index in [1.165, 1.54) is 11.3 Å². The predicted molar refractivity (Wildman–Crippen MR) is 129 cm³/mol. The molecule has 0 bridgehead atoms. The second-order valence-electron chi connectivity index (χ2n) is 7.13. The van der Waals surface area contributed by atoms with Crippen molar-refractivity contribution in [2.45, 2.75) is 19.9 Å². The van der Waals surface area contributed by atoms with Crippen LogP contribution in [-0.2, 0) is 11.3 Å². The van der Waals surface area contributed by atoms with Gasteiger partial charge in [0.1, 0.15) is 11.5 Å². The van der Waals surface area contributed by atoms with Crippen LogP contribution in [0.4, 0.5) is 5.13 Å². The summed E-state index contributed by atoms with van der Waals surface area (Å²) in [6.45, 7) is 3.26. The first-order valence-corrected chi connectivity index (χ1v) is 10.8. The Bertz CT molecular complexity index is 1150. The van der Waals surface area contributed by atoms with Gasteiger partial charge in [-0.3, -0.25) is 9.69 Å². The molecule has 0 fully saturated rings. The number of methoxy groups -OCH3 is 1. The van der Waals surface area contributed by atoms with Gasteiger partial charge in [0.05, 0.1) is 23.7 Å². The van der Waals surface area contributed by atoms with E-state index in [4.69, 9.17) is 9.47 Å². The molecule has 0 aliphatic heterocycles. The fourth-order valence-electron chi connectivity index (χ4n) is 3.15. The molecule has 4 rings (SSSR count). The fourth-order valence-corrected chi connectivity index (χ4v) is 4.19. The maximum atomic E-state index is 13.1. The average Bonchev–Trinajstić information content (AvgIpc) is 3.45. The van der Waals surface area contributed by atoms with E-state index < -0.39 is 0 Å². The molecule has 168 valence electrons. The minimum absolute atomic E-state index is 0. The molecule has 2 aromatic heterocycles. The number of imidazole rings is 1. The van der Waals surface area contributed by atoms with Gasteiger partial charge in [-0.25, -0.2) is 9.97 Å². The summed E-state index contributed by atoms with van der Waals surface area (Å²) in [5.74, 6) is 1.31. The first kappa shape index (κ1) is 23.6. The maximum absolute atomic E-state index is 13.1. The lowest BCUT2D eigenvalue weighted by Crippen LogP contribution is -2.36. The summed E-state index contributed by atoms with van der Waals surface area (Å²) >= 11 is 1.47. The highest BCUT2D eigenvalue weighted by Crippen LogP contribution is 2.31. The molecule has 2 aromatic carbocycles. The van der Waals surface area contributed by atoms with Crippen molar-refractivity contribution in [2.75, 3.05) is 25.2 Å². The minimum Gasteiger partial charge on any atom is -0.497 e. The number of hydrogen-bond donors (Lipinski definition) is 0. The Morgan fingerprint density at radius 3 is 2.66 bits per heavy atom. The number of halogens is 1.